The zero-order chi connectivity index (χ0) is 16.1. The normalized spacial score (nSPS) is 11.6. The molecule has 0 aliphatic heterocycles. The third kappa shape index (κ3) is 3.69. The highest BCUT2D eigenvalue weighted by atomic mass is 32.2. The Morgan fingerprint density at radius 2 is 1.43 bits per heavy atom. The molecule has 120 valence electrons. The van der Waals surface area contributed by atoms with E-state index in [1.54, 1.807) is 11.8 Å². The van der Waals surface area contributed by atoms with Gasteiger partial charge in [-0.3, -0.25) is 0 Å². The number of ether oxygens (including phenoxy) is 2. The Hall–Kier alpha value is -1.55. The van der Waals surface area contributed by atoms with E-state index < -0.39 is 0 Å². The third-order valence-corrected chi connectivity index (χ3v) is 4.90. The Kier molecular flexibility index (Phi) is 5.55. The molecule has 0 saturated carbocycles. The average Bonchev–Trinajstić information content (AvgIpc) is 2.60. The largest absolute Gasteiger partial charge is 0.352 e. The predicted molar refractivity (Wildman–Crippen MR) is 99.2 cm³/mol. The Bertz CT molecular complexity index is 779. The van der Waals surface area contributed by atoms with Gasteiger partial charge in [0.25, 0.3) is 0 Å². The van der Waals surface area contributed by atoms with Crippen LogP contribution in [0.5, 0.6) is 0 Å². The van der Waals surface area contributed by atoms with Crippen LogP contribution >= 0.6 is 11.8 Å². The maximum Gasteiger partial charge on any atom is 0.166 e. The van der Waals surface area contributed by atoms with E-state index in [-0.39, 0.29) is 6.29 Å². The summed E-state index contributed by atoms with van der Waals surface area (Å²) in [7, 11) is 0. The molecule has 0 spiro atoms. The lowest BCUT2D eigenvalue weighted by atomic mass is 10.0. The topological polar surface area (TPSA) is 18.5 Å². The summed E-state index contributed by atoms with van der Waals surface area (Å²) < 4.78 is 11.3. The quantitative estimate of drug-likeness (QED) is 0.325. The molecule has 0 atom stereocenters. The summed E-state index contributed by atoms with van der Waals surface area (Å²) in [4.78, 5) is 1.28. The summed E-state index contributed by atoms with van der Waals surface area (Å²) in [5.74, 6) is 0.796. The lowest BCUT2D eigenvalue weighted by Crippen LogP contribution is -2.19. The minimum absolute atomic E-state index is 0.153. The first-order chi connectivity index (χ1) is 11.3. The molecule has 2 nitrogen and oxygen atoms in total. The molecule has 0 aromatic heterocycles. The van der Waals surface area contributed by atoms with Gasteiger partial charge in [0.2, 0.25) is 0 Å². The van der Waals surface area contributed by atoms with Crippen LogP contribution in [0.2, 0.25) is 0 Å². The van der Waals surface area contributed by atoms with Crippen molar-refractivity contribution in [2.45, 2.75) is 25.0 Å². The Labute approximate surface area is 141 Å². The molecular weight excluding hydrogens is 304 g/mol. The van der Waals surface area contributed by atoms with Crippen molar-refractivity contribution in [2.75, 3.05) is 19.0 Å². The van der Waals surface area contributed by atoms with Gasteiger partial charge in [-0.05, 0) is 41.5 Å². The molecule has 0 radical (unpaired) electrons. The maximum absolute atomic E-state index is 5.66. The first kappa shape index (κ1) is 16.3. The van der Waals surface area contributed by atoms with Crippen molar-refractivity contribution in [3.8, 4) is 0 Å². The zero-order valence-electron chi connectivity index (χ0n) is 13.6. The van der Waals surface area contributed by atoms with E-state index in [9.17, 15) is 0 Å². The molecule has 0 aliphatic rings. The standard InChI is InChI=1S/C20H22O2S/c1-3-21-20(22-4-2)14-23-19-13-15-9-5-6-10-16(15)17-11-7-8-12-18(17)19/h5-13,20H,3-4,14H2,1-2H3. The van der Waals surface area contributed by atoms with Crippen LogP contribution in [0.4, 0.5) is 0 Å². The minimum Gasteiger partial charge on any atom is -0.352 e. The van der Waals surface area contributed by atoms with Gasteiger partial charge in [-0.2, -0.15) is 0 Å². The molecular formula is C20H22O2S. The van der Waals surface area contributed by atoms with E-state index in [4.69, 9.17) is 9.47 Å². The lowest BCUT2D eigenvalue weighted by molar-refractivity contribution is -0.120. The van der Waals surface area contributed by atoms with Crippen LogP contribution in [0.25, 0.3) is 21.5 Å². The van der Waals surface area contributed by atoms with Crippen LogP contribution in [0.3, 0.4) is 0 Å². The highest BCUT2D eigenvalue weighted by molar-refractivity contribution is 7.99. The Balaban J connectivity index is 1.95. The number of fused-ring (bicyclic) bond motifs is 3. The fraction of sp³-hybridized carbons (Fsp3) is 0.300. The first-order valence-corrected chi connectivity index (χ1v) is 9.08. The molecule has 0 heterocycles. The second-order valence-electron chi connectivity index (χ2n) is 5.29. The molecule has 0 unspecified atom stereocenters. The molecule has 0 saturated heterocycles. The van der Waals surface area contributed by atoms with E-state index in [1.165, 1.54) is 26.4 Å². The van der Waals surface area contributed by atoms with Crippen molar-refractivity contribution in [1.82, 2.24) is 0 Å². The second kappa shape index (κ2) is 7.82. The fourth-order valence-electron chi connectivity index (χ4n) is 2.81. The molecule has 3 rings (SSSR count). The molecule has 3 aromatic rings. The molecule has 0 amide bonds. The van der Waals surface area contributed by atoms with Crippen LogP contribution in [0.15, 0.2) is 59.5 Å². The van der Waals surface area contributed by atoms with Crippen molar-refractivity contribution in [2.24, 2.45) is 0 Å². The fourth-order valence-corrected chi connectivity index (χ4v) is 3.87. The molecule has 0 fully saturated rings. The van der Waals surface area contributed by atoms with Crippen LogP contribution in [-0.2, 0) is 9.47 Å². The highest BCUT2D eigenvalue weighted by Crippen LogP contribution is 2.34. The van der Waals surface area contributed by atoms with Crippen LogP contribution < -0.4 is 0 Å². The van der Waals surface area contributed by atoms with Crippen molar-refractivity contribution in [3.63, 3.8) is 0 Å². The summed E-state index contributed by atoms with van der Waals surface area (Å²) in [5, 5.41) is 5.18. The van der Waals surface area contributed by atoms with Crippen molar-refractivity contribution in [1.29, 1.82) is 0 Å². The van der Waals surface area contributed by atoms with E-state index in [1.807, 2.05) is 13.8 Å². The van der Waals surface area contributed by atoms with Crippen molar-refractivity contribution >= 4 is 33.3 Å². The lowest BCUT2D eigenvalue weighted by Gasteiger charge is -2.17. The van der Waals surface area contributed by atoms with Gasteiger partial charge in [0.1, 0.15) is 0 Å². The number of hydrogen-bond acceptors (Lipinski definition) is 3. The van der Waals surface area contributed by atoms with E-state index in [0.29, 0.717) is 13.2 Å². The smallest absolute Gasteiger partial charge is 0.166 e. The molecule has 3 heteroatoms. The number of rotatable bonds is 7. The summed E-state index contributed by atoms with van der Waals surface area (Å²) in [6.45, 7) is 5.34. The van der Waals surface area contributed by atoms with Gasteiger partial charge < -0.3 is 9.47 Å². The van der Waals surface area contributed by atoms with Gasteiger partial charge in [-0.15, -0.1) is 11.8 Å². The Morgan fingerprint density at radius 1 is 0.826 bits per heavy atom. The number of thioether (sulfide) groups is 1. The van der Waals surface area contributed by atoms with Crippen LogP contribution in [0, 0.1) is 0 Å². The van der Waals surface area contributed by atoms with Gasteiger partial charge >= 0.3 is 0 Å². The molecule has 0 aliphatic carbocycles. The van der Waals surface area contributed by atoms with Crippen LogP contribution in [0.1, 0.15) is 13.8 Å². The van der Waals surface area contributed by atoms with Gasteiger partial charge in [0.15, 0.2) is 6.29 Å². The number of benzene rings is 3. The SMILES string of the molecule is CCOC(CSc1cc2ccccc2c2ccccc12)OCC. The van der Waals surface area contributed by atoms with Gasteiger partial charge in [0, 0.05) is 23.9 Å². The molecule has 3 aromatic carbocycles. The van der Waals surface area contributed by atoms with Crippen LogP contribution in [-0.4, -0.2) is 25.3 Å². The summed E-state index contributed by atoms with van der Waals surface area (Å²) in [5.41, 5.74) is 0. The summed E-state index contributed by atoms with van der Waals surface area (Å²) >= 11 is 1.80. The first-order valence-electron chi connectivity index (χ1n) is 8.10. The predicted octanol–water partition coefficient (Wildman–Crippen LogP) is 5.48. The average molecular weight is 326 g/mol. The molecule has 0 N–H and O–H groups in total. The zero-order valence-corrected chi connectivity index (χ0v) is 14.4. The molecule has 0 bridgehead atoms. The summed E-state index contributed by atoms with van der Waals surface area (Å²) in [6.07, 6.45) is -0.153. The van der Waals surface area contributed by atoms with Crippen molar-refractivity contribution < 1.29 is 9.47 Å². The van der Waals surface area contributed by atoms with Gasteiger partial charge in [-0.1, -0.05) is 48.5 Å². The van der Waals surface area contributed by atoms with Gasteiger partial charge in [-0.25, -0.2) is 0 Å². The second-order valence-corrected chi connectivity index (χ2v) is 6.35. The van der Waals surface area contributed by atoms with E-state index in [0.717, 1.165) is 5.75 Å². The minimum atomic E-state index is -0.153. The van der Waals surface area contributed by atoms with Gasteiger partial charge in [0.05, 0.1) is 0 Å². The Morgan fingerprint density at radius 3 is 2.13 bits per heavy atom. The van der Waals surface area contributed by atoms with E-state index in [2.05, 4.69) is 54.6 Å². The third-order valence-electron chi connectivity index (χ3n) is 3.81. The maximum atomic E-state index is 5.66. The monoisotopic (exact) mass is 326 g/mol. The highest BCUT2D eigenvalue weighted by Gasteiger charge is 2.11. The van der Waals surface area contributed by atoms with Crippen molar-refractivity contribution in [3.05, 3.63) is 54.6 Å². The summed E-state index contributed by atoms with van der Waals surface area (Å²) in [6, 6.07) is 19.4. The number of hydrogen-bond donors (Lipinski definition) is 0. The molecule has 23 heavy (non-hydrogen) atoms. The van der Waals surface area contributed by atoms with E-state index >= 15 is 0 Å².